The average molecular weight is 358 g/mol. The number of carbonyl (C=O) groups excluding carboxylic acids is 3. The summed E-state index contributed by atoms with van der Waals surface area (Å²) >= 11 is 0. The number of ether oxygens (including phenoxy) is 1. The topological polar surface area (TPSA) is 95.9 Å². The molecule has 0 fully saturated rings. The summed E-state index contributed by atoms with van der Waals surface area (Å²) in [6.45, 7) is 3.71. The quantitative estimate of drug-likeness (QED) is 0.734. The number of likely N-dealkylation sites (N-methyl/N-ethyl adjacent to an activating group) is 2. The van der Waals surface area contributed by atoms with Gasteiger partial charge in [-0.2, -0.15) is 0 Å². The van der Waals surface area contributed by atoms with Crippen molar-refractivity contribution < 1.29 is 24.2 Å². The summed E-state index contributed by atoms with van der Waals surface area (Å²) in [7, 11) is 0. The molecule has 0 heterocycles. The Kier molecular flexibility index (Phi) is 6.54. The Hall–Kier alpha value is -3.09. The Morgan fingerprint density at radius 3 is 2.54 bits per heavy atom. The summed E-state index contributed by atoms with van der Waals surface area (Å²) in [5.74, 6) is -1.74. The zero-order valence-corrected chi connectivity index (χ0v) is 14.8. The number of esters is 1. The van der Waals surface area contributed by atoms with Gasteiger partial charge in [-0.3, -0.25) is 9.59 Å². The summed E-state index contributed by atoms with van der Waals surface area (Å²) in [5, 5.41) is 14.2. The third-order valence-corrected chi connectivity index (χ3v) is 3.89. The molecule has 7 nitrogen and oxygen atoms in total. The van der Waals surface area contributed by atoms with Crippen molar-refractivity contribution in [1.29, 1.82) is 0 Å². The molecule has 0 spiro atoms. The highest BCUT2D eigenvalue weighted by Crippen LogP contribution is 2.28. The first-order chi connectivity index (χ1) is 12.5. The normalized spacial score (nSPS) is 10.4. The SMILES string of the molecule is CCNC(=O)CN(CC)C(=O)COC(=O)c1ccc2ccccc2c1O. The van der Waals surface area contributed by atoms with Gasteiger partial charge in [-0.1, -0.05) is 30.3 Å². The molecule has 138 valence electrons. The Labute approximate surface area is 151 Å². The van der Waals surface area contributed by atoms with Crippen molar-refractivity contribution in [2.75, 3.05) is 26.2 Å². The number of amides is 2. The highest BCUT2D eigenvalue weighted by molar-refractivity contribution is 6.01. The second kappa shape index (κ2) is 8.84. The van der Waals surface area contributed by atoms with Gasteiger partial charge in [-0.15, -0.1) is 0 Å². The van der Waals surface area contributed by atoms with Gasteiger partial charge in [0.1, 0.15) is 11.3 Å². The second-order valence-corrected chi connectivity index (χ2v) is 5.62. The van der Waals surface area contributed by atoms with Gasteiger partial charge in [-0.05, 0) is 25.3 Å². The van der Waals surface area contributed by atoms with Crippen LogP contribution >= 0.6 is 0 Å². The fourth-order valence-corrected chi connectivity index (χ4v) is 2.52. The molecule has 0 atom stereocenters. The van der Waals surface area contributed by atoms with Gasteiger partial charge in [0.05, 0.1) is 6.54 Å². The van der Waals surface area contributed by atoms with Crippen LogP contribution in [-0.4, -0.2) is 54.0 Å². The molecule has 0 unspecified atom stereocenters. The van der Waals surface area contributed by atoms with E-state index in [1.807, 2.05) is 12.1 Å². The van der Waals surface area contributed by atoms with Crippen LogP contribution in [0.3, 0.4) is 0 Å². The van der Waals surface area contributed by atoms with Crippen molar-refractivity contribution in [2.45, 2.75) is 13.8 Å². The Morgan fingerprint density at radius 1 is 1.12 bits per heavy atom. The van der Waals surface area contributed by atoms with Crippen molar-refractivity contribution in [1.82, 2.24) is 10.2 Å². The zero-order chi connectivity index (χ0) is 19.1. The van der Waals surface area contributed by atoms with Crippen LogP contribution < -0.4 is 5.32 Å². The third-order valence-electron chi connectivity index (χ3n) is 3.89. The predicted molar refractivity (Wildman–Crippen MR) is 96.8 cm³/mol. The highest BCUT2D eigenvalue weighted by Gasteiger charge is 2.20. The summed E-state index contributed by atoms with van der Waals surface area (Å²) in [6.07, 6.45) is 0. The van der Waals surface area contributed by atoms with E-state index < -0.39 is 18.5 Å². The number of fused-ring (bicyclic) bond motifs is 1. The maximum atomic E-state index is 12.2. The molecule has 0 saturated carbocycles. The molecule has 2 aromatic rings. The van der Waals surface area contributed by atoms with E-state index in [-0.39, 0.29) is 23.8 Å². The molecule has 2 aromatic carbocycles. The minimum Gasteiger partial charge on any atom is -0.506 e. The summed E-state index contributed by atoms with van der Waals surface area (Å²) in [5.41, 5.74) is -0.0109. The molecule has 0 aliphatic rings. The van der Waals surface area contributed by atoms with Crippen LogP contribution in [0.25, 0.3) is 10.8 Å². The lowest BCUT2D eigenvalue weighted by Crippen LogP contribution is -2.42. The first-order valence-electron chi connectivity index (χ1n) is 8.40. The molecule has 0 radical (unpaired) electrons. The molecule has 0 aromatic heterocycles. The number of rotatable bonds is 7. The van der Waals surface area contributed by atoms with Crippen LogP contribution in [-0.2, 0) is 14.3 Å². The Morgan fingerprint density at radius 2 is 1.85 bits per heavy atom. The van der Waals surface area contributed by atoms with Crippen molar-refractivity contribution in [2.24, 2.45) is 0 Å². The average Bonchev–Trinajstić information content (AvgIpc) is 2.64. The number of hydrogen-bond donors (Lipinski definition) is 2. The standard InChI is InChI=1S/C19H22N2O5/c1-3-20-16(22)11-21(4-2)17(23)12-26-19(25)15-10-9-13-7-5-6-8-14(13)18(15)24/h5-10,24H,3-4,11-12H2,1-2H3,(H,20,22). The van der Waals surface area contributed by atoms with Crippen LogP contribution in [0.5, 0.6) is 5.75 Å². The number of phenolic OH excluding ortho intramolecular Hbond substituents is 1. The maximum Gasteiger partial charge on any atom is 0.342 e. The van der Waals surface area contributed by atoms with Crippen molar-refractivity contribution >= 4 is 28.6 Å². The van der Waals surface area contributed by atoms with E-state index in [0.717, 1.165) is 5.39 Å². The van der Waals surface area contributed by atoms with Gasteiger partial charge < -0.3 is 20.1 Å². The highest BCUT2D eigenvalue weighted by atomic mass is 16.5. The molecule has 0 aliphatic carbocycles. The Bertz CT molecular complexity index is 819. The number of carbonyl (C=O) groups is 3. The molecule has 0 saturated heterocycles. The summed E-state index contributed by atoms with van der Waals surface area (Å²) in [6, 6.07) is 10.2. The third kappa shape index (κ3) is 4.50. The van der Waals surface area contributed by atoms with Crippen molar-refractivity contribution in [3.8, 4) is 5.75 Å². The second-order valence-electron chi connectivity index (χ2n) is 5.62. The minimum atomic E-state index is -0.796. The molecule has 2 N–H and O–H groups in total. The molecule has 0 aliphatic heterocycles. The fraction of sp³-hybridized carbons (Fsp3) is 0.316. The lowest BCUT2D eigenvalue weighted by Gasteiger charge is -2.20. The number of benzene rings is 2. The fourth-order valence-electron chi connectivity index (χ4n) is 2.52. The maximum absolute atomic E-state index is 12.2. The van der Waals surface area contributed by atoms with E-state index in [2.05, 4.69) is 5.32 Å². The van der Waals surface area contributed by atoms with E-state index in [0.29, 0.717) is 18.5 Å². The van der Waals surface area contributed by atoms with E-state index in [1.54, 1.807) is 32.0 Å². The van der Waals surface area contributed by atoms with Gasteiger partial charge in [0.2, 0.25) is 5.91 Å². The van der Waals surface area contributed by atoms with Crippen molar-refractivity contribution in [3.05, 3.63) is 42.0 Å². The number of aromatic hydroxyl groups is 1. The first-order valence-corrected chi connectivity index (χ1v) is 8.40. The van der Waals surface area contributed by atoms with E-state index >= 15 is 0 Å². The molecule has 2 amide bonds. The predicted octanol–water partition coefficient (Wildman–Crippen LogP) is 1.69. The van der Waals surface area contributed by atoms with Gasteiger partial charge in [0, 0.05) is 18.5 Å². The molecule has 2 rings (SSSR count). The molecule has 0 bridgehead atoms. The molecule has 26 heavy (non-hydrogen) atoms. The van der Waals surface area contributed by atoms with Gasteiger partial charge in [-0.25, -0.2) is 4.79 Å². The first kappa shape index (κ1) is 19.2. The van der Waals surface area contributed by atoms with E-state index in [4.69, 9.17) is 4.74 Å². The van der Waals surface area contributed by atoms with Gasteiger partial charge in [0.25, 0.3) is 5.91 Å². The number of nitrogens with one attached hydrogen (secondary N) is 1. The zero-order valence-electron chi connectivity index (χ0n) is 14.8. The largest absolute Gasteiger partial charge is 0.506 e. The lowest BCUT2D eigenvalue weighted by molar-refractivity contribution is -0.138. The summed E-state index contributed by atoms with van der Waals surface area (Å²) in [4.78, 5) is 37.3. The minimum absolute atomic E-state index is 0.0109. The molecular weight excluding hydrogens is 336 g/mol. The number of hydrogen-bond acceptors (Lipinski definition) is 5. The van der Waals surface area contributed by atoms with Gasteiger partial charge in [0.15, 0.2) is 6.61 Å². The molecular formula is C19H22N2O5. The summed E-state index contributed by atoms with van der Waals surface area (Å²) < 4.78 is 5.02. The van der Waals surface area contributed by atoms with E-state index in [9.17, 15) is 19.5 Å². The monoisotopic (exact) mass is 358 g/mol. The van der Waals surface area contributed by atoms with Crippen LogP contribution in [0.2, 0.25) is 0 Å². The smallest absolute Gasteiger partial charge is 0.342 e. The van der Waals surface area contributed by atoms with Crippen LogP contribution in [0.1, 0.15) is 24.2 Å². The van der Waals surface area contributed by atoms with Crippen LogP contribution in [0.4, 0.5) is 0 Å². The number of phenols is 1. The molecule has 7 heteroatoms. The van der Waals surface area contributed by atoms with Crippen LogP contribution in [0, 0.1) is 0 Å². The number of nitrogens with zero attached hydrogens (tertiary/aromatic N) is 1. The Balaban J connectivity index is 2.02. The van der Waals surface area contributed by atoms with Crippen molar-refractivity contribution in [3.63, 3.8) is 0 Å². The van der Waals surface area contributed by atoms with E-state index in [1.165, 1.54) is 11.0 Å². The van der Waals surface area contributed by atoms with Crippen LogP contribution in [0.15, 0.2) is 36.4 Å². The lowest BCUT2D eigenvalue weighted by atomic mass is 10.1. The van der Waals surface area contributed by atoms with Gasteiger partial charge >= 0.3 is 5.97 Å².